The molecule has 0 amide bonds. The van der Waals surface area contributed by atoms with E-state index in [2.05, 4.69) is 25.5 Å². The molecule has 13 heavy (non-hydrogen) atoms. The van der Waals surface area contributed by atoms with E-state index in [0.717, 1.165) is 19.6 Å². The molecule has 0 saturated heterocycles. The molecule has 0 aliphatic carbocycles. The third-order valence-corrected chi connectivity index (χ3v) is 1.96. The molecule has 0 bridgehead atoms. The van der Waals surface area contributed by atoms with Gasteiger partial charge in [-0.1, -0.05) is 19.4 Å². The summed E-state index contributed by atoms with van der Waals surface area (Å²) in [7, 11) is 2.17. The molecule has 0 saturated carbocycles. The summed E-state index contributed by atoms with van der Waals surface area (Å²) >= 11 is 0. The fourth-order valence-electron chi connectivity index (χ4n) is 1.14. The van der Waals surface area contributed by atoms with Crippen LogP contribution in [0.4, 0.5) is 0 Å². The van der Waals surface area contributed by atoms with Gasteiger partial charge in [0.15, 0.2) is 0 Å². The molecule has 0 aromatic heterocycles. The quantitative estimate of drug-likeness (QED) is 0.404. The average molecular weight is 185 g/mol. The van der Waals surface area contributed by atoms with Gasteiger partial charge in [-0.25, -0.2) is 0 Å². The van der Waals surface area contributed by atoms with Gasteiger partial charge < -0.3 is 9.64 Å². The second-order valence-corrected chi connectivity index (χ2v) is 3.37. The zero-order chi connectivity index (χ0) is 9.94. The highest BCUT2D eigenvalue weighted by Gasteiger charge is 1.96. The van der Waals surface area contributed by atoms with Crippen molar-refractivity contribution in [2.45, 2.75) is 26.2 Å². The van der Waals surface area contributed by atoms with Crippen LogP contribution >= 0.6 is 0 Å². The number of ether oxygens (including phenoxy) is 1. The Morgan fingerprint density at radius 1 is 1.31 bits per heavy atom. The fourth-order valence-corrected chi connectivity index (χ4v) is 1.14. The third kappa shape index (κ3) is 9.57. The Morgan fingerprint density at radius 3 is 2.62 bits per heavy atom. The van der Waals surface area contributed by atoms with Crippen LogP contribution in [0.1, 0.15) is 26.2 Å². The molecule has 0 radical (unpaired) electrons. The van der Waals surface area contributed by atoms with Crippen molar-refractivity contribution in [2.24, 2.45) is 0 Å². The zero-order valence-electron chi connectivity index (χ0n) is 9.09. The number of unbranched alkanes of at least 4 members (excludes halogenated alkanes) is 1. The van der Waals surface area contributed by atoms with E-state index >= 15 is 0 Å². The molecule has 0 heterocycles. The average Bonchev–Trinajstić information content (AvgIpc) is 2.14. The fraction of sp³-hybridized carbons (Fsp3) is 0.818. The topological polar surface area (TPSA) is 12.5 Å². The lowest BCUT2D eigenvalue weighted by Crippen LogP contribution is -2.21. The summed E-state index contributed by atoms with van der Waals surface area (Å²) < 4.78 is 5.29. The maximum Gasteiger partial charge on any atom is 0.0644 e. The van der Waals surface area contributed by atoms with Gasteiger partial charge in [-0.15, -0.1) is 6.58 Å². The first-order valence-electron chi connectivity index (χ1n) is 5.18. The van der Waals surface area contributed by atoms with Gasteiger partial charge in [0, 0.05) is 13.2 Å². The van der Waals surface area contributed by atoms with Crippen molar-refractivity contribution in [3.8, 4) is 0 Å². The van der Waals surface area contributed by atoms with Crippen LogP contribution in [0.25, 0.3) is 0 Å². The Hall–Kier alpha value is -0.340. The molecule has 0 N–H and O–H groups in total. The van der Waals surface area contributed by atoms with Crippen LogP contribution in [0.5, 0.6) is 0 Å². The molecule has 0 aromatic carbocycles. The molecular weight excluding hydrogens is 162 g/mol. The predicted molar refractivity (Wildman–Crippen MR) is 58.0 cm³/mol. The summed E-state index contributed by atoms with van der Waals surface area (Å²) in [6.45, 7) is 9.69. The lowest BCUT2D eigenvalue weighted by atomic mass is 10.3. The molecule has 0 unspecified atom stereocenters. The number of hydrogen-bond acceptors (Lipinski definition) is 2. The lowest BCUT2D eigenvalue weighted by molar-refractivity contribution is 0.148. The molecule has 0 spiro atoms. The lowest BCUT2D eigenvalue weighted by Gasteiger charge is -2.15. The monoisotopic (exact) mass is 185 g/mol. The number of nitrogens with zero attached hydrogens (tertiary/aromatic N) is 1. The van der Waals surface area contributed by atoms with Crippen LogP contribution in [0, 0.1) is 0 Å². The second kappa shape index (κ2) is 9.75. The Morgan fingerprint density at radius 2 is 2.00 bits per heavy atom. The van der Waals surface area contributed by atoms with Crippen molar-refractivity contribution in [3.63, 3.8) is 0 Å². The van der Waals surface area contributed by atoms with Crippen molar-refractivity contribution in [3.05, 3.63) is 12.7 Å². The van der Waals surface area contributed by atoms with E-state index in [1.165, 1.54) is 19.4 Å². The molecule has 0 aromatic rings. The van der Waals surface area contributed by atoms with E-state index in [-0.39, 0.29) is 0 Å². The first kappa shape index (κ1) is 12.7. The summed E-state index contributed by atoms with van der Waals surface area (Å²) in [4.78, 5) is 2.36. The van der Waals surface area contributed by atoms with Gasteiger partial charge in [0.25, 0.3) is 0 Å². The van der Waals surface area contributed by atoms with Crippen molar-refractivity contribution < 1.29 is 4.74 Å². The molecule has 0 aliphatic rings. The van der Waals surface area contributed by atoms with E-state index in [4.69, 9.17) is 4.74 Å². The van der Waals surface area contributed by atoms with E-state index < -0.39 is 0 Å². The molecule has 0 aliphatic heterocycles. The summed E-state index contributed by atoms with van der Waals surface area (Å²) in [5.41, 5.74) is 0. The minimum absolute atomic E-state index is 0.679. The van der Waals surface area contributed by atoms with E-state index in [1.54, 1.807) is 6.08 Å². The molecular formula is C11H23NO. The van der Waals surface area contributed by atoms with Crippen LogP contribution in [-0.2, 0) is 4.74 Å². The highest BCUT2D eigenvalue weighted by Crippen LogP contribution is 1.93. The highest BCUT2D eigenvalue weighted by molar-refractivity contribution is 4.63. The van der Waals surface area contributed by atoms with Crippen LogP contribution < -0.4 is 0 Å². The number of rotatable bonds is 9. The van der Waals surface area contributed by atoms with Crippen molar-refractivity contribution in [1.29, 1.82) is 0 Å². The minimum Gasteiger partial charge on any atom is -0.377 e. The first-order chi connectivity index (χ1) is 6.31. The van der Waals surface area contributed by atoms with Crippen LogP contribution in [0.3, 0.4) is 0 Å². The van der Waals surface area contributed by atoms with Crippen molar-refractivity contribution in [1.82, 2.24) is 4.90 Å². The summed E-state index contributed by atoms with van der Waals surface area (Å²) in [5, 5.41) is 0. The summed E-state index contributed by atoms with van der Waals surface area (Å²) in [6.07, 6.45) is 5.48. The van der Waals surface area contributed by atoms with Crippen LogP contribution in [0.2, 0.25) is 0 Å². The first-order valence-corrected chi connectivity index (χ1v) is 5.18. The second-order valence-electron chi connectivity index (χ2n) is 3.37. The molecule has 0 atom stereocenters. The SMILES string of the molecule is C=CCOCCCN(C)CCCC. The Balaban J connectivity index is 3.07. The summed E-state index contributed by atoms with van der Waals surface area (Å²) in [5.74, 6) is 0. The maximum absolute atomic E-state index is 5.29. The molecule has 2 heteroatoms. The minimum atomic E-state index is 0.679. The molecule has 0 fully saturated rings. The standard InChI is InChI=1S/C11H23NO/c1-4-6-8-12(3)9-7-11-13-10-5-2/h5H,2,4,6-11H2,1,3H3. The van der Waals surface area contributed by atoms with Crippen LogP contribution in [0.15, 0.2) is 12.7 Å². The van der Waals surface area contributed by atoms with Crippen molar-refractivity contribution >= 4 is 0 Å². The largest absolute Gasteiger partial charge is 0.377 e. The summed E-state index contributed by atoms with van der Waals surface area (Å²) in [6, 6.07) is 0. The van der Waals surface area contributed by atoms with E-state index in [1.807, 2.05) is 0 Å². The van der Waals surface area contributed by atoms with Gasteiger partial charge in [-0.05, 0) is 26.4 Å². The van der Waals surface area contributed by atoms with Crippen molar-refractivity contribution in [2.75, 3.05) is 33.4 Å². The zero-order valence-corrected chi connectivity index (χ0v) is 9.09. The van der Waals surface area contributed by atoms with Gasteiger partial charge in [0.05, 0.1) is 6.61 Å². The molecule has 78 valence electrons. The van der Waals surface area contributed by atoms with Gasteiger partial charge in [-0.2, -0.15) is 0 Å². The Bertz CT molecular complexity index is 115. The molecule has 2 nitrogen and oxygen atoms in total. The number of hydrogen-bond donors (Lipinski definition) is 0. The highest BCUT2D eigenvalue weighted by atomic mass is 16.5. The normalized spacial score (nSPS) is 10.7. The van der Waals surface area contributed by atoms with Gasteiger partial charge in [0.1, 0.15) is 0 Å². The smallest absolute Gasteiger partial charge is 0.0644 e. The van der Waals surface area contributed by atoms with Gasteiger partial charge in [0.2, 0.25) is 0 Å². The molecule has 0 rings (SSSR count). The predicted octanol–water partition coefficient (Wildman–Crippen LogP) is 2.31. The Labute approximate surface area is 82.6 Å². The van der Waals surface area contributed by atoms with E-state index in [0.29, 0.717) is 6.61 Å². The van der Waals surface area contributed by atoms with Gasteiger partial charge >= 0.3 is 0 Å². The van der Waals surface area contributed by atoms with Gasteiger partial charge in [-0.3, -0.25) is 0 Å². The third-order valence-electron chi connectivity index (χ3n) is 1.96. The van der Waals surface area contributed by atoms with E-state index in [9.17, 15) is 0 Å². The van der Waals surface area contributed by atoms with Crippen LogP contribution in [-0.4, -0.2) is 38.3 Å². The Kier molecular flexibility index (Phi) is 9.49. The maximum atomic E-state index is 5.29.